The summed E-state index contributed by atoms with van der Waals surface area (Å²) in [6, 6.07) is -0.0681. The third-order valence-corrected chi connectivity index (χ3v) is 3.52. The molecule has 0 heterocycles. The van der Waals surface area contributed by atoms with Crippen LogP contribution in [0.1, 0.15) is 46.0 Å². The highest BCUT2D eigenvalue weighted by Crippen LogP contribution is 2.32. The summed E-state index contributed by atoms with van der Waals surface area (Å²) >= 11 is 0. The minimum absolute atomic E-state index is 0.0185. The average molecular weight is 242 g/mol. The Labute approximate surface area is 102 Å². The van der Waals surface area contributed by atoms with E-state index in [1.54, 1.807) is 11.9 Å². The zero-order chi connectivity index (χ0) is 13.1. The predicted molar refractivity (Wildman–Crippen MR) is 64.9 cm³/mol. The molecular weight excluding hydrogens is 220 g/mol. The molecule has 1 aliphatic carbocycles. The van der Waals surface area contributed by atoms with Gasteiger partial charge in [-0.05, 0) is 26.7 Å². The zero-order valence-electron chi connectivity index (χ0n) is 10.8. The highest BCUT2D eigenvalue weighted by molar-refractivity contribution is 5.77. The van der Waals surface area contributed by atoms with Gasteiger partial charge in [0.25, 0.3) is 0 Å². The van der Waals surface area contributed by atoms with E-state index in [9.17, 15) is 9.59 Å². The van der Waals surface area contributed by atoms with Gasteiger partial charge in [0.2, 0.25) is 0 Å². The number of carbonyl (C=O) groups is 2. The first kappa shape index (κ1) is 13.8. The number of carboxylic acids is 1. The van der Waals surface area contributed by atoms with Crippen LogP contribution in [0.5, 0.6) is 0 Å². The van der Waals surface area contributed by atoms with E-state index in [4.69, 9.17) is 5.11 Å². The Balaban J connectivity index is 2.67. The summed E-state index contributed by atoms with van der Waals surface area (Å²) in [5.74, 6) is -0.848. The van der Waals surface area contributed by atoms with E-state index < -0.39 is 11.5 Å². The second-order valence-electron chi connectivity index (χ2n) is 5.19. The van der Waals surface area contributed by atoms with Crippen molar-refractivity contribution in [3.8, 4) is 0 Å². The van der Waals surface area contributed by atoms with Crippen LogP contribution in [-0.4, -0.2) is 40.6 Å². The standard InChI is InChI=1S/C12H22N2O3/c1-9(2)14(3)11(17)13-12(8-10(15)16)6-4-5-7-12/h9H,4-8H2,1-3H3,(H,13,17)(H,15,16). The van der Waals surface area contributed by atoms with Crippen LogP contribution in [0, 0.1) is 0 Å². The van der Waals surface area contributed by atoms with Crippen LogP contribution in [0.15, 0.2) is 0 Å². The lowest BCUT2D eigenvalue weighted by Crippen LogP contribution is -2.53. The molecule has 2 amide bonds. The molecule has 5 heteroatoms. The van der Waals surface area contributed by atoms with E-state index in [2.05, 4.69) is 5.32 Å². The summed E-state index contributed by atoms with van der Waals surface area (Å²) in [7, 11) is 1.73. The third-order valence-electron chi connectivity index (χ3n) is 3.52. The highest BCUT2D eigenvalue weighted by Gasteiger charge is 2.38. The first-order valence-electron chi connectivity index (χ1n) is 6.13. The van der Waals surface area contributed by atoms with E-state index in [1.807, 2.05) is 13.8 Å². The molecular formula is C12H22N2O3. The van der Waals surface area contributed by atoms with Crippen LogP contribution >= 0.6 is 0 Å². The van der Waals surface area contributed by atoms with Crippen molar-refractivity contribution in [1.82, 2.24) is 10.2 Å². The number of nitrogens with zero attached hydrogens (tertiary/aromatic N) is 1. The number of hydrogen-bond acceptors (Lipinski definition) is 2. The molecule has 1 fully saturated rings. The Morgan fingerprint density at radius 1 is 1.35 bits per heavy atom. The van der Waals surface area contributed by atoms with Crippen molar-refractivity contribution in [2.24, 2.45) is 0 Å². The van der Waals surface area contributed by atoms with Crippen molar-refractivity contribution in [3.05, 3.63) is 0 Å². The molecule has 1 aliphatic rings. The van der Waals surface area contributed by atoms with Crippen LogP contribution in [-0.2, 0) is 4.79 Å². The lowest BCUT2D eigenvalue weighted by atomic mass is 9.93. The summed E-state index contributed by atoms with van der Waals surface area (Å²) in [6.45, 7) is 3.86. The van der Waals surface area contributed by atoms with E-state index in [0.29, 0.717) is 0 Å². The smallest absolute Gasteiger partial charge is 0.317 e. The molecule has 2 N–H and O–H groups in total. The second-order valence-corrected chi connectivity index (χ2v) is 5.19. The first-order chi connectivity index (χ1) is 7.86. The summed E-state index contributed by atoms with van der Waals surface area (Å²) < 4.78 is 0. The van der Waals surface area contributed by atoms with Gasteiger partial charge in [-0.25, -0.2) is 4.79 Å². The van der Waals surface area contributed by atoms with E-state index in [1.165, 1.54) is 0 Å². The molecule has 0 aromatic heterocycles. The van der Waals surface area contributed by atoms with Gasteiger partial charge in [0.05, 0.1) is 12.0 Å². The van der Waals surface area contributed by atoms with E-state index in [0.717, 1.165) is 25.7 Å². The number of carbonyl (C=O) groups excluding carboxylic acids is 1. The molecule has 5 nitrogen and oxygen atoms in total. The van der Waals surface area contributed by atoms with E-state index >= 15 is 0 Å². The number of amides is 2. The fourth-order valence-corrected chi connectivity index (χ4v) is 2.24. The molecule has 0 aromatic rings. The Kier molecular flexibility index (Phi) is 4.37. The summed E-state index contributed by atoms with van der Waals surface area (Å²) in [5, 5.41) is 11.8. The molecule has 1 rings (SSSR count). The minimum Gasteiger partial charge on any atom is -0.481 e. The second kappa shape index (κ2) is 5.38. The number of hydrogen-bond donors (Lipinski definition) is 2. The van der Waals surface area contributed by atoms with Crippen LogP contribution in [0.3, 0.4) is 0 Å². The summed E-state index contributed by atoms with van der Waals surface area (Å²) in [6.07, 6.45) is 3.51. The molecule has 1 saturated carbocycles. The molecule has 0 atom stereocenters. The van der Waals surface area contributed by atoms with Crippen molar-refractivity contribution in [3.63, 3.8) is 0 Å². The fourth-order valence-electron chi connectivity index (χ4n) is 2.24. The molecule has 0 saturated heterocycles. The quantitative estimate of drug-likeness (QED) is 0.790. The first-order valence-corrected chi connectivity index (χ1v) is 6.13. The maximum Gasteiger partial charge on any atom is 0.317 e. The largest absolute Gasteiger partial charge is 0.481 e. The topological polar surface area (TPSA) is 69.6 Å². The average Bonchev–Trinajstić information content (AvgIpc) is 2.63. The molecule has 0 bridgehead atoms. The molecule has 0 aliphatic heterocycles. The van der Waals surface area contributed by atoms with Crippen LogP contribution < -0.4 is 5.32 Å². The maximum absolute atomic E-state index is 11.9. The van der Waals surface area contributed by atoms with Crippen LogP contribution in [0.4, 0.5) is 4.79 Å². The van der Waals surface area contributed by atoms with Gasteiger partial charge in [0, 0.05) is 13.1 Å². The Bertz CT molecular complexity index is 296. The van der Waals surface area contributed by atoms with Gasteiger partial charge in [-0.3, -0.25) is 4.79 Å². The maximum atomic E-state index is 11.9. The van der Waals surface area contributed by atoms with Crippen molar-refractivity contribution < 1.29 is 14.7 Å². The van der Waals surface area contributed by atoms with Gasteiger partial charge in [-0.1, -0.05) is 12.8 Å². The number of nitrogens with one attached hydrogen (secondary N) is 1. The summed E-state index contributed by atoms with van der Waals surface area (Å²) in [4.78, 5) is 24.4. The number of carboxylic acid groups (broad SMARTS) is 1. The molecule has 0 radical (unpaired) electrons. The van der Waals surface area contributed by atoms with Crippen molar-refractivity contribution in [1.29, 1.82) is 0 Å². The Hall–Kier alpha value is -1.26. The molecule has 17 heavy (non-hydrogen) atoms. The molecule has 0 aromatic carbocycles. The number of urea groups is 1. The molecule has 98 valence electrons. The van der Waals surface area contributed by atoms with Gasteiger partial charge < -0.3 is 15.3 Å². The Morgan fingerprint density at radius 2 is 1.88 bits per heavy atom. The van der Waals surface area contributed by atoms with Gasteiger partial charge in [0.15, 0.2) is 0 Å². The lowest BCUT2D eigenvalue weighted by molar-refractivity contribution is -0.138. The third kappa shape index (κ3) is 3.61. The SMILES string of the molecule is CC(C)N(C)C(=O)NC1(CC(=O)O)CCCC1. The van der Waals surface area contributed by atoms with Gasteiger partial charge in [-0.2, -0.15) is 0 Å². The van der Waals surface area contributed by atoms with Crippen molar-refractivity contribution in [2.45, 2.75) is 57.5 Å². The van der Waals surface area contributed by atoms with Gasteiger partial charge in [0.1, 0.15) is 0 Å². The van der Waals surface area contributed by atoms with E-state index in [-0.39, 0.29) is 18.5 Å². The lowest BCUT2D eigenvalue weighted by Gasteiger charge is -2.32. The zero-order valence-corrected chi connectivity index (χ0v) is 10.8. The van der Waals surface area contributed by atoms with Crippen LogP contribution in [0.2, 0.25) is 0 Å². The van der Waals surface area contributed by atoms with Gasteiger partial charge >= 0.3 is 12.0 Å². The van der Waals surface area contributed by atoms with Crippen molar-refractivity contribution >= 4 is 12.0 Å². The predicted octanol–water partition coefficient (Wildman–Crippen LogP) is 1.82. The monoisotopic (exact) mass is 242 g/mol. The fraction of sp³-hybridized carbons (Fsp3) is 0.833. The summed E-state index contributed by atoms with van der Waals surface area (Å²) in [5.41, 5.74) is -0.536. The van der Waals surface area contributed by atoms with Crippen LogP contribution in [0.25, 0.3) is 0 Å². The number of rotatable bonds is 4. The molecule has 0 spiro atoms. The minimum atomic E-state index is -0.848. The number of aliphatic carboxylic acids is 1. The highest BCUT2D eigenvalue weighted by atomic mass is 16.4. The van der Waals surface area contributed by atoms with Gasteiger partial charge in [-0.15, -0.1) is 0 Å². The van der Waals surface area contributed by atoms with Crippen molar-refractivity contribution in [2.75, 3.05) is 7.05 Å². The normalized spacial score (nSPS) is 18.1. The Morgan fingerprint density at radius 3 is 2.29 bits per heavy atom. The molecule has 0 unspecified atom stereocenters.